The van der Waals surface area contributed by atoms with E-state index >= 15 is 0 Å². The molecule has 3 aromatic rings. The zero-order valence-corrected chi connectivity index (χ0v) is 12.3. The van der Waals surface area contributed by atoms with E-state index in [1.54, 1.807) is 23.0 Å². The Morgan fingerprint density at radius 1 is 1.27 bits per heavy atom. The van der Waals surface area contributed by atoms with Crippen molar-refractivity contribution < 1.29 is 4.79 Å². The van der Waals surface area contributed by atoms with Gasteiger partial charge in [0.1, 0.15) is 5.82 Å². The summed E-state index contributed by atoms with van der Waals surface area (Å²) < 4.78 is 3.89. The summed E-state index contributed by atoms with van der Waals surface area (Å²) >= 11 is 0. The topological polar surface area (TPSA) is 78.7 Å². The lowest BCUT2D eigenvalue weighted by Gasteiger charge is -2.07. The molecule has 0 radical (unpaired) electrons. The molecule has 0 spiro atoms. The molecule has 0 atom stereocenters. The molecule has 22 heavy (non-hydrogen) atoms. The molecular weight excluding hydrogens is 278 g/mol. The fraction of sp³-hybridized carbons (Fsp3) is 0.188. The number of rotatable bonds is 5. The minimum atomic E-state index is -0.425. The summed E-state index contributed by atoms with van der Waals surface area (Å²) in [6.45, 7) is 0.818. The summed E-state index contributed by atoms with van der Waals surface area (Å²) in [6, 6.07) is 7.17. The molecule has 112 valence electrons. The Kier molecular flexibility index (Phi) is 3.74. The summed E-state index contributed by atoms with van der Waals surface area (Å²) in [5, 5.41) is 4.17. The predicted molar refractivity (Wildman–Crippen MR) is 83.1 cm³/mol. The highest BCUT2D eigenvalue weighted by Gasteiger charge is 2.08. The molecule has 2 N–H and O–H groups in total. The molecule has 0 fully saturated rings. The number of hydrogen-bond donors (Lipinski definition) is 1. The van der Waals surface area contributed by atoms with Gasteiger partial charge in [-0.15, -0.1) is 0 Å². The minimum absolute atomic E-state index is 0.425. The van der Waals surface area contributed by atoms with E-state index in [2.05, 4.69) is 14.6 Å². The molecule has 0 unspecified atom stereocenters. The maximum Gasteiger partial charge on any atom is 0.248 e. The smallest absolute Gasteiger partial charge is 0.248 e. The number of aromatic nitrogens is 4. The van der Waals surface area contributed by atoms with E-state index in [0.29, 0.717) is 5.56 Å². The quantitative estimate of drug-likeness (QED) is 0.777. The van der Waals surface area contributed by atoms with Crippen LogP contribution in [0.15, 0.2) is 49.1 Å². The molecule has 0 aliphatic heterocycles. The summed E-state index contributed by atoms with van der Waals surface area (Å²) in [5.41, 5.74) is 7.90. The van der Waals surface area contributed by atoms with E-state index in [1.165, 1.54) is 5.56 Å². The Morgan fingerprint density at radius 3 is 2.68 bits per heavy atom. The van der Waals surface area contributed by atoms with Crippen LogP contribution in [0.2, 0.25) is 0 Å². The largest absolute Gasteiger partial charge is 0.366 e. The van der Waals surface area contributed by atoms with Crippen molar-refractivity contribution in [3.8, 4) is 11.4 Å². The number of amides is 1. The molecule has 0 bridgehead atoms. The molecular formula is C16H17N5O. The van der Waals surface area contributed by atoms with Gasteiger partial charge in [0.15, 0.2) is 0 Å². The average molecular weight is 295 g/mol. The van der Waals surface area contributed by atoms with Gasteiger partial charge in [0.2, 0.25) is 5.91 Å². The van der Waals surface area contributed by atoms with Crippen LogP contribution in [0.3, 0.4) is 0 Å². The van der Waals surface area contributed by atoms with Crippen LogP contribution in [0.25, 0.3) is 11.4 Å². The number of aryl methyl sites for hydroxylation is 3. The summed E-state index contributed by atoms with van der Waals surface area (Å²) in [6.07, 6.45) is 8.50. The maximum atomic E-state index is 11.1. The molecule has 0 saturated carbocycles. The van der Waals surface area contributed by atoms with E-state index in [0.717, 1.165) is 24.4 Å². The highest BCUT2D eigenvalue weighted by Crippen LogP contribution is 2.18. The predicted octanol–water partition coefficient (Wildman–Crippen LogP) is 1.63. The first-order valence-electron chi connectivity index (χ1n) is 7.02. The van der Waals surface area contributed by atoms with Crippen molar-refractivity contribution in [3.63, 3.8) is 0 Å². The highest BCUT2D eigenvalue weighted by molar-refractivity contribution is 5.93. The van der Waals surface area contributed by atoms with Crippen LogP contribution in [0.5, 0.6) is 0 Å². The Morgan fingerprint density at radius 2 is 2.05 bits per heavy atom. The maximum absolute atomic E-state index is 11.1. The number of carbonyl (C=O) groups is 1. The molecule has 6 nitrogen and oxygen atoms in total. The van der Waals surface area contributed by atoms with Crippen molar-refractivity contribution >= 4 is 5.91 Å². The lowest BCUT2D eigenvalue weighted by atomic mass is 10.1. The lowest BCUT2D eigenvalue weighted by molar-refractivity contribution is 0.100. The van der Waals surface area contributed by atoms with Gasteiger partial charge in [-0.3, -0.25) is 9.48 Å². The molecule has 0 saturated heterocycles. The van der Waals surface area contributed by atoms with Gasteiger partial charge in [-0.2, -0.15) is 5.10 Å². The van der Waals surface area contributed by atoms with Crippen molar-refractivity contribution in [1.82, 2.24) is 19.3 Å². The van der Waals surface area contributed by atoms with Gasteiger partial charge in [0.25, 0.3) is 0 Å². The van der Waals surface area contributed by atoms with Crippen molar-refractivity contribution in [1.29, 1.82) is 0 Å². The Bertz CT molecular complexity index is 785. The second-order valence-electron chi connectivity index (χ2n) is 5.16. The number of nitrogens with zero attached hydrogens (tertiary/aromatic N) is 4. The fourth-order valence-electron chi connectivity index (χ4n) is 2.38. The van der Waals surface area contributed by atoms with Crippen LogP contribution in [-0.2, 0) is 20.0 Å². The molecule has 2 heterocycles. The van der Waals surface area contributed by atoms with Crippen LogP contribution in [0, 0.1) is 0 Å². The van der Waals surface area contributed by atoms with Crippen LogP contribution in [-0.4, -0.2) is 25.2 Å². The monoisotopic (exact) mass is 295 g/mol. The number of benzene rings is 1. The summed E-state index contributed by atoms with van der Waals surface area (Å²) in [4.78, 5) is 15.5. The molecule has 0 aliphatic rings. The van der Waals surface area contributed by atoms with Crippen LogP contribution in [0.4, 0.5) is 0 Å². The third-order valence-electron chi connectivity index (χ3n) is 3.54. The second kappa shape index (κ2) is 5.85. The van der Waals surface area contributed by atoms with Gasteiger partial charge in [0.05, 0.1) is 6.20 Å². The Balaban J connectivity index is 1.78. The zero-order valence-electron chi connectivity index (χ0n) is 12.3. The summed E-state index contributed by atoms with van der Waals surface area (Å²) in [7, 11) is 1.91. The molecule has 1 aromatic carbocycles. The van der Waals surface area contributed by atoms with Crippen LogP contribution < -0.4 is 5.73 Å². The van der Waals surface area contributed by atoms with Crippen molar-refractivity contribution in [2.45, 2.75) is 13.0 Å². The number of nitrogens with two attached hydrogens (primary N) is 1. The van der Waals surface area contributed by atoms with Gasteiger partial charge >= 0.3 is 0 Å². The Hall–Kier alpha value is -2.89. The number of imidazole rings is 1. The molecule has 2 aromatic heterocycles. The molecule has 0 aliphatic carbocycles. The minimum Gasteiger partial charge on any atom is -0.366 e. The number of hydrogen-bond acceptors (Lipinski definition) is 3. The average Bonchev–Trinajstić information content (AvgIpc) is 3.14. The molecule has 6 heteroatoms. The standard InChI is InChI=1S/C16H17N5O/c1-20-11-12(10-19-20)6-8-21-9-7-18-16(21)14-4-2-13(3-5-14)15(17)22/h2-5,7,9-11H,6,8H2,1H3,(H2,17,22). The number of carbonyl (C=O) groups excluding carboxylic acids is 1. The van der Waals surface area contributed by atoms with E-state index in [9.17, 15) is 4.79 Å². The lowest BCUT2D eigenvalue weighted by Crippen LogP contribution is -2.10. The Labute approximate surface area is 128 Å². The third-order valence-corrected chi connectivity index (χ3v) is 3.54. The first-order valence-corrected chi connectivity index (χ1v) is 7.02. The van der Waals surface area contributed by atoms with E-state index in [1.807, 2.05) is 37.8 Å². The van der Waals surface area contributed by atoms with E-state index in [4.69, 9.17) is 5.73 Å². The van der Waals surface area contributed by atoms with E-state index < -0.39 is 5.91 Å². The van der Waals surface area contributed by atoms with Crippen molar-refractivity contribution in [2.24, 2.45) is 12.8 Å². The first kappa shape index (κ1) is 14.1. The van der Waals surface area contributed by atoms with Gasteiger partial charge in [0, 0.05) is 43.3 Å². The van der Waals surface area contributed by atoms with Crippen LogP contribution >= 0.6 is 0 Å². The number of primary amides is 1. The highest BCUT2D eigenvalue weighted by atomic mass is 16.1. The van der Waals surface area contributed by atoms with Gasteiger partial charge < -0.3 is 10.3 Å². The zero-order chi connectivity index (χ0) is 15.5. The first-order chi connectivity index (χ1) is 10.6. The van der Waals surface area contributed by atoms with Gasteiger partial charge in [-0.1, -0.05) is 12.1 Å². The second-order valence-corrected chi connectivity index (χ2v) is 5.16. The van der Waals surface area contributed by atoms with Crippen LogP contribution in [0.1, 0.15) is 15.9 Å². The van der Waals surface area contributed by atoms with Gasteiger partial charge in [-0.05, 0) is 24.1 Å². The van der Waals surface area contributed by atoms with Gasteiger partial charge in [-0.25, -0.2) is 4.98 Å². The third kappa shape index (κ3) is 2.90. The SMILES string of the molecule is Cn1cc(CCn2ccnc2-c2ccc(C(N)=O)cc2)cn1. The van der Waals surface area contributed by atoms with Crippen molar-refractivity contribution in [3.05, 3.63) is 60.2 Å². The fourth-order valence-corrected chi connectivity index (χ4v) is 2.38. The van der Waals surface area contributed by atoms with E-state index in [-0.39, 0.29) is 0 Å². The van der Waals surface area contributed by atoms with Crippen molar-refractivity contribution in [2.75, 3.05) is 0 Å². The molecule has 3 rings (SSSR count). The normalized spacial score (nSPS) is 10.8. The molecule has 1 amide bonds. The summed E-state index contributed by atoms with van der Waals surface area (Å²) in [5.74, 6) is 0.450.